The molecule has 0 aromatic carbocycles. The van der Waals surface area contributed by atoms with Gasteiger partial charge in [-0.3, -0.25) is 4.79 Å². The molecule has 0 aromatic heterocycles. The molecule has 3 N–H and O–H groups in total. The number of hydrogen-bond acceptors (Lipinski definition) is 2. The predicted molar refractivity (Wildman–Crippen MR) is 60.1 cm³/mol. The molecule has 0 spiro atoms. The molecule has 0 unspecified atom stereocenters. The van der Waals surface area contributed by atoms with Gasteiger partial charge >= 0.3 is 0 Å². The molecule has 0 heterocycles. The number of hydrogen-bond donors (Lipinski definition) is 2. The Hall–Kier alpha value is -0.570. The van der Waals surface area contributed by atoms with Gasteiger partial charge in [0.1, 0.15) is 0 Å². The van der Waals surface area contributed by atoms with Crippen LogP contribution < -0.4 is 11.1 Å². The maximum Gasteiger partial charge on any atom is 0.217 e. The van der Waals surface area contributed by atoms with E-state index in [1.165, 1.54) is 19.3 Å². The molecule has 0 fully saturated rings. The lowest BCUT2D eigenvalue weighted by molar-refractivity contribution is -0.118. The van der Waals surface area contributed by atoms with E-state index in [-0.39, 0.29) is 5.91 Å². The van der Waals surface area contributed by atoms with Gasteiger partial charge in [0.05, 0.1) is 0 Å². The lowest BCUT2D eigenvalue weighted by Crippen LogP contribution is -2.16. The molecule has 0 aromatic rings. The highest BCUT2D eigenvalue weighted by molar-refractivity contribution is 5.73. The second kappa shape index (κ2) is 10.5. The van der Waals surface area contributed by atoms with Gasteiger partial charge in [0.15, 0.2) is 0 Å². The van der Waals surface area contributed by atoms with Crippen LogP contribution in [0.25, 0.3) is 0 Å². The zero-order valence-electron chi connectivity index (χ0n) is 9.35. The number of carbonyl (C=O) groups excluding carboxylic acids is 1. The average molecular weight is 200 g/mol. The van der Waals surface area contributed by atoms with Crippen molar-refractivity contribution in [1.82, 2.24) is 5.32 Å². The second-order valence-electron chi connectivity index (χ2n) is 3.73. The Kier molecular flexibility index (Phi) is 10.1. The number of rotatable bonds is 10. The Balaban J connectivity index is 2.88. The molecular weight excluding hydrogens is 176 g/mol. The summed E-state index contributed by atoms with van der Waals surface area (Å²) in [5.41, 5.74) is 5.03. The molecule has 0 aliphatic carbocycles. The minimum atomic E-state index is -0.180. The Morgan fingerprint density at radius 2 is 1.71 bits per heavy atom. The fraction of sp³-hybridized carbons (Fsp3) is 0.909. The van der Waals surface area contributed by atoms with Crippen molar-refractivity contribution < 1.29 is 4.79 Å². The van der Waals surface area contributed by atoms with Crippen molar-refractivity contribution in [1.29, 1.82) is 0 Å². The van der Waals surface area contributed by atoms with Gasteiger partial charge < -0.3 is 11.1 Å². The summed E-state index contributed by atoms with van der Waals surface area (Å²) in [7, 11) is 0. The number of nitrogens with two attached hydrogens (primary N) is 1. The highest BCUT2D eigenvalue weighted by atomic mass is 16.1. The van der Waals surface area contributed by atoms with Gasteiger partial charge in [-0.1, -0.05) is 26.2 Å². The third kappa shape index (κ3) is 11.4. The van der Waals surface area contributed by atoms with E-state index in [0.717, 1.165) is 32.4 Å². The number of carbonyl (C=O) groups is 1. The van der Waals surface area contributed by atoms with E-state index in [1.54, 1.807) is 0 Å². The maximum absolute atomic E-state index is 10.4. The summed E-state index contributed by atoms with van der Waals surface area (Å²) < 4.78 is 0. The summed E-state index contributed by atoms with van der Waals surface area (Å²) in [6.07, 6.45) is 7.59. The smallest absolute Gasteiger partial charge is 0.217 e. The Morgan fingerprint density at radius 1 is 1.07 bits per heavy atom. The molecule has 0 aliphatic heterocycles. The average Bonchev–Trinajstić information content (AvgIpc) is 2.15. The van der Waals surface area contributed by atoms with Gasteiger partial charge in [0, 0.05) is 6.42 Å². The summed E-state index contributed by atoms with van der Waals surface area (Å²) in [6.45, 7) is 4.41. The van der Waals surface area contributed by atoms with Gasteiger partial charge in [-0.25, -0.2) is 0 Å². The van der Waals surface area contributed by atoms with Crippen molar-refractivity contribution in [3.63, 3.8) is 0 Å². The van der Waals surface area contributed by atoms with Crippen LogP contribution in [0.3, 0.4) is 0 Å². The van der Waals surface area contributed by atoms with Crippen LogP contribution in [0, 0.1) is 0 Å². The van der Waals surface area contributed by atoms with Crippen LogP contribution in [0.15, 0.2) is 0 Å². The molecular formula is C11H24N2O. The topological polar surface area (TPSA) is 55.1 Å². The van der Waals surface area contributed by atoms with E-state index >= 15 is 0 Å². The van der Waals surface area contributed by atoms with Gasteiger partial charge in [-0.05, 0) is 32.4 Å². The Bertz CT molecular complexity index is 137. The molecule has 0 rings (SSSR count). The highest BCUT2D eigenvalue weighted by Gasteiger charge is 1.94. The molecule has 0 saturated carbocycles. The lowest BCUT2D eigenvalue weighted by atomic mass is 10.2. The van der Waals surface area contributed by atoms with Crippen LogP contribution in [0.1, 0.15) is 51.9 Å². The van der Waals surface area contributed by atoms with Gasteiger partial charge in [-0.15, -0.1) is 0 Å². The summed E-state index contributed by atoms with van der Waals surface area (Å²) in [4.78, 5) is 10.4. The first-order chi connectivity index (χ1) is 6.77. The molecule has 84 valence electrons. The normalized spacial score (nSPS) is 10.4. The van der Waals surface area contributed by atoms with Gasteiger partial charge in [0.2, 0.25) is 5.91 Å². The fourth-order valence-electron chi connectivity index (χ4n) is 1.35. The highest BCUT2D eigenvalue weighted by Crippen LogP contribution is 1.98. The molecule has 14 heavy (non-hydrogen) atoms. The largest absolute Gasteiger partial charge is 0.370 e. The van der Waals surface area contributed by atoms with Gasteiger partial charge in [0.25, 0.3) is 0 Å². The third-order valence-corrected chi connectivity index (χ3v) is 2.23. The molecule has 0 atom stereocenters. The summed E-state index contributed by atoms with van der Waals surface area (Å²) in [5, 5.41) is 3.39. The van der Waals surface area contributed by atoms with E-state index in [0.29, 0.717) is 6.42 Å². The van der Waals surface area contributed by atoms with Crippen LogP contribution >= 0.6 is 0 Å². The standard InChI is InChI=1S/C11H24N2O/c1-2-3-6-9-13-10-7-4-5-8-11(12)14/h13H,2-10H2,1H3,(H2,12,14). The van der Waals surface area contributed by atoms with Crippen molar-refractivity contribution in [2.75, 3.05) is 13.1 Å². The minimum absolute atomic E-state index is 0.180. The molecule has 1 amide bonds. The second-order valence-corrected chi connectivity index (χ2v) is 3.73. The monoisotopic (exact) mass is 200 g/mol. The maximum atomic E-state index is 10.4. The number of amides is 1. The van der Waals surface area contributed by atoms with Crippen LogP contribution in [-0.4, -0.2) is 19.0 Å². The van der Waals surface area contributed by atoms with E-state index in [9.17, 15) is 4.79 Å². The first kappa shape index (κ1) is 13.4. The molecule has 0 radical (unpaired) electrons. The van der Waals surface area contributed by atoms with Crippen molar-refractivity contribution in [2.45, 2.75) is 51.9 Å². The third-order valence-electron chi connectivity index (χ3n) is 2.23. The molecule has 0 saturated heterocycles. The van der Waals surface area contributed by atoms with Crippen LogP contribution in [0.2, 0.25) is 0 Å². The van der Waals surface area contributed by atoms with Crippen LogP contribution in [-0.2, 0) is 4.79 Å². The van der Waals surface area contributed by atoms with Crippen molar-refractivity contribution in [3.8, 4) is 0 Å². The molecule has 0 bridgehead atoms. The minimum Gasteiger partial charge on any atom is -0.370 e. The quantitative estimate of drug-likeness (QED) is 0.528. The lowest BCUT2D eigenvalue weighted by Gasteiger charge is -2.03. The first-order valence-corrected chi connectivity index (χ1v) is 5.76. The van der Waals surface area contributed by atoms with Crippen LogP contribution in [0.5, 0.6) is 0 Å². The van der Waals surface area contributed by atoms with Crippen molar-refractivity contribution in [2.24, 2.45) is 5.73 Å². The zero-order chi connectivity index (χ0) is 10.6. The molecule has 3 nitrogen and oxygen atoms in total. The Labute approximate surface area is 87.4 Å². The predicted octanol–water partition coefficient (Wildman–Crippen LogP) is 1.81. The molecule has 3 heteroatoms. The van der Waals surface area contributed by atoms with Crippen molar-refractivity contribution in [3.05, 3.63) is 0 Å². The number of unbranched alkanes of at least 4 members (excludes halogenated alkanes) is 4. The Morgan fingerprint density at radius 3 is 2.29 bits per heavy atom. The SMILES string of the molecule is CCCCCNCCCCCC(N)=O. The zero-order valence-corrected chi connectivity index (χ0v) is 9.35. The fourth-order valence-corrected chi connectivity index (χ4v) is 1.35. The number of nitrogens with one attached hydrogen (secondary N) is 1. The van der Waals surface area contributed by atoms with E-state index in [2.05, 4.69) is 12.2 Å². The first-order valence-electron chi connectivity index (χ1n) is 5.76. The van der Waals surface area contributed by atoms with Gasteiger partial charge in [-0.2, -0.15) is 0 Å². The van der Waals surface area contributed by atoms with E-state index in [4.69, 9.17) is 5.73 Å². The van der Waals surface area contributed by atoms with Crippen molar-refractivity contribution >= 4 is 5.91 Å². The van der Waals surface area contributed by atoms with E-state index < -0.39 is 0 Å². The molecule has 0 aliphatic rings. The van der Waals surface area contributed by atoms with Crippen LogP contribution in [0.4, 0.5) is 0 Å². The van der Waals surface area contributed by atoms with E-state index in [1.807, 2.05) is 0 Å². The number of primary amides is 1. The summed E-state index contributed by atoms with van der Waals surface area (Å²) in [5.74, 6) is -0.180. The summed E-state index contributed by atoms with van der Waals surface area (Å²) in [6, 6.07) is 0. The summed E-state index contributed by atoms with van der Waals surface area (Å²) >= 11 is 0.